The van der Waals surface area contributed by atoms with Crippen LogP contribution in [0.2, 0.25) is 0 Å². The molecule has 1 amide bonds. The number of hydrogen-bond donors (Lipinski definition) is 0. The summed E-state index contributed by atoms with van der Waals surface area (Å²) in [6, 6.07) is 0. The molecule has 5 nitrogen and oxygen atoms in total. The highest BCUT2D eigenvalue weighted by Gasteiger charge is 2.31. The molecule has 5 heteroatoms. The first kappa shape index (κ1) is 16.5. The van der Waals surface area contributed by atoms with Crippen LogP contribution in [0, 0.1) is 5.92 Å². The van der Waals surface area contributed by atoms with Crippen LogP contribution in [0.3, 0.4) is 0 Å². The second kappa shape index (κ2) is 7.31. The lowest BCUT2D eigenvalue weighted by atomic mass is 9.98. The first-order valence-corrected chi connectivity index (χ1v) is 7.09. The van der Waals surface area contributed by atoms with Crippen LogP contribution in [0.4, 0.5) is 4.79 Å². The van der Waals surface area contributed by atoms with Crippen LogP contribution in [0.25, 0.3) is 0 Å². The highest BCUT2D eigenvalue weighted by Crippen LogP contribution is 2.20. The van der Waals surface area contributed by atoms with E-state index in [2.05, 4.69) is 0 Å². The van der Waals surface area contributed by atoms with Gasteiger partial charge in [0.2, 0.25) is 0 Å². The van der Waals surface area contributed by atoms with E-state index in [0.717, 1.165) is 12.8 Å². The Balaban J connectivity index is 2.49. The number of piperidine rings is 1. The molecule has 0 saturated carbocycles. The van der Waals surface area contributed by atoms with Crippen LogP contribution in [0.1, 0.15) is 40.5 Å². The molecule has 0 aliphatic carbocycles. The second-order valence-electron chi connectivity index (χ2n) is 5.96. The highest BCUT2D eigenvalue weighted by atomic mass is 16.6. The Kier molecular flexibility index (Phi) is 6.05. The molecule has 1 heterocycles. The van der Waals surface area contributed by atoms with Crippen LogP contribution < -0.4 is 0 Å². The zero-order chi connectivity index (χ0) is 15.2. The fourth-order valence-corrected chi connectivity index (χ4v) is 2.01. The third-order valence-corrected chi connectivity index (χ3v) is 2.96. The molecule has 20 heavy (non-hydrogen) atoms. The number of ether oxygens (including phenoxy) is 2. The molecule has 1 aliphatic rings. The number of hydrogen-bond acceptors (Lipinski definition) is 4. The van der Waals surface area contributed by atoms with Gasteiger partial charge in [0.05, 0.1) is 5.92 Å². The zero-order valence-corrected chi connectivity index (χ0v) is 12.8. The number of likely N-dealkylation sites (tertiary alicyclic amines) is 1. The smallest absolute Gasteiger partial charge is 0.410 e. The Labute approximate surface area is 120 Å². The summed E-state index contributed by atoms with van der Waals surface area (Å²) in [5.74, 6) is -0.488. The molecule has 0 bridgehead atoms. The van der Waals surface area contributed by atoms with Gasteiger partial charge in [0.15, 0.2) is 0 Å². The van der Waals surface area contributed by atoms with Crippen molar-refractivity contribution in [2.24, 2.45) is 5.92 Å². The lowest BCUT2D eigenvalue weighted by molar-refractivity contribution is -0.148. The maximum Gasteiger partial charge on any atom is 0.410 e. The van der Waals surface area contributed by atoms with E-state index in [0.29, 0.717) is 13.1 Å². The third kappa shape index (κ3) is 5.63. The van der Waals surface area contributed by atoms with Gasteiger partial charge >= 0.3 is 12.1 Å². The molecule has 0 radical (unpaired) electrons. The fourth-order valence-electron chi connectivity index (χ4n) is 2.01. The van der Waals surface area contributed by atoms with Gasteiger partial charge in [-0.1, -0.05) is 12.2 Å². The van der Waals surface area contributed by atoms with E-state index in [4.69, 9.17) is 9.47 Å². The van der Waals surface area contributed by atoms with Crippen molar-refractivity contribution in [3.8, 4) is 0 Å². The number of carbonyl (C=O) groups is 2. The number of rotatable bonds is 3. The molecule has 0 aromatic carbocycles. The van der Waals surface area contributed by atoms with Crippen molar-refractivity contribution in [2.45, 2.75) is 46.1 Å². The second-order valence-corrected chi connectivity index (χ2v) is 5.96. The van der Waals surface area contributed by atoms with E-state index in [-0.39, 0.29) is 24.6 Å². The molecule has 0 N–H and O–H groups in total. The van der Waals surface area contributed by atoms with E-state index in [1.54, 1.807) is 11.0 Å². The van der Waals surface area contributed by atoms with Gasteiger partial charge in [-0.15, -0.1) is 0 Å². The van der Waals surface area contributed by atoms with Crippen LogP contribution in [0.15, 0.2) is 12.2 Å². The van der Waals surface area contributed by atoms with Crippen molar-refractivity contribution in [3.05, 3.63) is 12.2 Å². The SMILES string of the molecule is CC=CCOC(=O)C1CCCN(C(=O)OC(C)(C)C)C1. The van der Waals surface area contributed by atoms with E-state index >= 15 is 0 Å². The standard InChI is InChI=1S/C15H25NO4/c1-5-6-10-19-13(17)12-8-7-9-16(11-12)14(18)20-15(2,3)4/h5-6,12H,7-11H2,1-4H3. The minimum atomic E-state index is -0.517. The minimum Gasteiger partial charge on any atom is -0.461 e. The average molecular weight is 283 g/mol. The van der Waals surface area contributed by atoms with Crippen LogP contribution in [-0.4, -0.2) is 42.3 Å². The zero-order valence-electron chi connectivity index (χ0n) is 12.8. The molecule has 0 aromatic heterocycles. The third-order valence-electron chi connectivity index (χ3n) is 2.96. The number of esters is 1. The maximum absolute atomic E-state index is 12.0. The topological polar surface area (TPSA) is 55.8 Å². The monoisotopic (exact) mass is 283 g/mol. The van der Waals surface area contributed by atoms with Crippen molar-refractivity contribution >= 4 is 12.1 Å². The molecule has 114 valence electrons. The largest absolute Gasteiger partial charge is 0.461 e. The summed E-state index contributed by atoms with van der Waals surface area (Å²) in [7, 11) is 0. The van der Waals surface area contributed by atoms with E-state index in [1.807, 2.05) is 33.8 Å². The van der Waals surface area contributed by atoms with Crippen LogP contribution in [0.5, 0.6) is 0 Å². The Bertz CT molecular complexity index is 371. The van der Waals surface area contributed by atoms with Crippen molar-refractivity contribution < 1.29 is 19.1 Å². The minimum absolute atomic E-state index is 0.239. The Morgan fingerprint density at radius 2 is 2.05 bits per heavy atom. The van der Waals surface area contributed by atoms with Gasteiger partial charge in [-0.3, -0.25) is 4.79 Å². The molecule has 0 aromatic rings. The molecule has 1 aliphatic heterocycles. The van der Waals surface area contributed by atoms with Gasteiger partial charge < -0.3 is 14.4 Å². The number of allylic oxidation sites excluding steroid dienone is 1. The molecular weight excluding hydrogens is 258 g/mol. The van der Waals surface area contributed by atoms with Crippen LogP contribution in [-0.2, 0) is 14.3 Å². The van der Waals surface area contributed by atoms with Gasteiger partial charge in [0.1, 0.15) is 12.2 Å². The van der Waals surface area contributed by atoms with Crippen molar-refractivity contribution in [1.29, 1.82) is 0 Å². The van der Waals surface area contributed by atoms with Gasteiger partial charge in [-0.25, -0.2) is 4.79 Å². The lowest BCUT2D eigenvalue weighted by Crippen LogP contribution is -2.45. The number of carbonyl (C=O) groups excluding carboxylic acids is 2. The summed E-state index contributed by atoms with van der Waals surface area (Å²) in [4.78, 5) is 25.5. The number of amides is 1. The normalized spacial score (nSPS) is 20.0. The Hall–Kier alpha value is -1.52. The first-order chi connectivity index (χ1) is 9.33. The van der Waals surface area contributed by atoms with Gasteiger partial charge in [-0.05, 0) is 40.5 Å². The Morgan fingerprint density at radius 1 is 1.35 bits per heavy atom. The molecule has 1 rings (SSSR count). The molecule has 1 atom stereocenters. The van der Waals surface area contributed by atoms with E-state index < -0.39 is 5.60 Å². The summed E-state index contributed by atoms with van der Waals surface area (Å²) in [5.41, 5.74) is -0.517. The van der Waals surface area contributed by atoms with Crippen molar-refractivity contribution in [3.63, 3.8) is 0 Å². The molecule has 1 fully saturated rings. The summed E-state index contributed by atoms with van der Waals surface area (Å²) in [5, 5.41) is 0. The summed E-state index contributed by atoms with van der Waals surface area (Å²) < 4.78 is 10.5. The van der Waals surface area contributed by atoms with Gasteiger partial charge in [-0.2, -0.15) is 0 Å². The predicted molar refractivity (Wildman–Crippen MR) is 76.3 cm³/mol. The molecule has 1 unspecified atom stereocenters. The molecule has 1 saturated heterocycles. The van der Waals surface area contributed by atoms with Crippen LogP contribution >= 0.6 is 0 Å². The lowest BCUT2D eigenvalue weighted by Gasteiger charge is -2.33. The van der Waals surface area contributed by atoms with Crippen molar-refractivity contribution in [2.75, 3.05) is 19.7 Å². The summed E-state index contributed by atoms with van der Waals surface area (Å²) in [6.07, 6.45) is 4.81. The van der Waals surface area contributed by atoms with E-state index in [9.17, 15) is 9.59 Å². The fraction of sp³-hybridized carbons (Fsp3) is 0.733. The van der Waals surface area contributed by atoms with Crippen molar-refractivity contribution in [1.82, 2.24) is 4.90 Å². The summed E-state index contributed by atoms with van der Waals surface area (Å²) >= 11 is 0. The first-order valence-electron chi connectivity index (χ1n) is 7.09. The summed E-state index contributed by atoms with van der Waals surface area (Å²) in [6.45, 7) is 8.67. The molecular formula is C15H25NO4. The quantitative estimate of drug-likeness (QED) is 0.590. The van der Waals surface area contributed by atoms with Gasteiger partial charge in [0, 0.05) is 13.1 Å². The predicted octanol–water partition coefficient (Wildman–Crippen LogP) is 2.75. The number of nitrogens with zero attached hydrogens (tertiary/aromatic N) is 1. The average Bonchev–Trinajstić information content (AvgIpc) is 2.37. The van der Waals surface area contributed by atoms with Gasteiger partial charge in [0.25, 0.3) is 0 Å². The molecule has 0 spiro atoms. The maximum atomic E-state index is 12.0. The highest BCUT2D eigenvalue weighted by molar-refractivity contribution is 5.75. The van der Waals surface area contributed by atoms with E-state index in [1.165, 1.54) is 0 Å². The Morgan fingerprint density at radius 3 is 2.65 bits per heavy atom.